The molecular weight excluding hydrogens is 417 g/mol. The predicted molar refractivity (Wildman–Crippen MR) is 122 cm³/mol. The number of thioether (sulfide) groups is 1. The molecule has 2 aromatic rings. The molecule has 6 nitrogen and oxygen atoms in total. The molecule has 1 saturated heterocycles. The number of carbonyl (C=O) groups excluding carboxylic acids is 1. The smallest absolute Gasteiger partial charge is 0.286 e. The van der Waals surface area contributed by atoms with Crippen LogP contribution in [0.2, 0.25) is 0 Å². The van der Waals surface area contributed by atoms with Crippen LogP contribution in [0.3, 0.4) is 0 Å². The average Bonchev–Trinajstić information content (AvgIpc) is 3.15. The van der Waals surface area contributed by atoms with Crippen molar-refractivity contribution in [2.24, 2.45) is 4.99 Å². The van der Waals surface area contributed by atoms with Crippen LogP contribution in [0.25, 0.3) is 6.08 Å². The quantitative estimate of drug-likeness (QED) is 0.653. The highest BCUT2D eigenvalue weighted by molar-refractivity contribution is 8.18. The Bertz CT molecular complexity index is 1030. The number of rotatable bonds is 5. The van der Waals surface area contributed by atoms with Gasteiger partial charge >= 0.3 is 0 Å². The second-order valence-corrected chi connectivity index (χ2v) is 8.09. The molecule has 0 unspecified atom stereocenters. The number of halogens is 1. The Morgan fingerprint density at radius 3 is 2.55 bits per heavy atom. The summed E-state index contributed by atoms with van der Waals surface area (Å²) in [7, 11) is 1.59. The van der Waals surface area contributed by atoms with Gasteiger partial charge in [0.15, 0.2) is 16.7 Å². The van der Waals surface area contributed by atoms with Crippen molar-refractivity contribution < 1.29 is 18.7 Å². The van der Waals surface area contributed by atoms with Crippen LogP contribution in [0.15, 0.2) is 52.4 Å². The molecule has 1 amide bonds. The minimum Gasteiger partial charge on any atom is -0.493 e. The molecule has 0 bridgehead atoms. The summed E-state index contributed by atoms with van der Waals surface area (Å²) < 4.78 is 25.0. The minimum atomic E-state index is -0.246. The summed E-state index contributed by atoms with van der Waals surface area (Å²) in [6, 6.07) is 12.4. The number of amides is 1. The van der Waals surface area contributed by atoms with Crippen molar-refractivity contribution in [2.45, 2.75) is 6.92 Å². The number of piperazine rings is 1. The van der Waals surface area contributed by atoms with E-state index in [4.69, 9.17) is 9.47 Å². The van der Waals surface area contributed by atoms with Gasteiger partial charge in [-0.2, -0.15) is 4.99 Å². The molecule has 0 N–H and O–H groups in total. The van der Waals surface area contributed by atoms with Crippen molar-refractivity contribution in [3.8, 4) is 11.5 Å². The molecule has 0 saturated carbocycles. The van der Waals surface area contributed by atoms with Crippen LogP contribution in [-0.4, -0.2) is 55.9 Å². The first-order chi connectivity index (χ1) is 15.1. The number of nitrogens with zero attached hydrogens (tertiary/aromatic N) is 3. The lowest BCUT2D eigenvalue weighted by molar-refractivity contribution is -0.113. The van der Waals surface area contributed by atoms with Crippen LogP contribution in [0.1, 0.15) is 12.5 Å². The normalized spacial score (nSPS) is 17.8. The number of aliphatic imine (C=N–C) groups is 1. The average molecular weight is 442 g/mol. The fraction of sp³-hybridized carbons (Fsp3) is 0.304. The van der Waals surface area contributed by atoms with Crippen LogP contribution in [0, 0.1) is 5.82 Å². The Balaban J connectivity index is 1.42. The summed E-state index contributed by atoms with van der Waals surface area (Å²) in [6.45, 7) is 5.16. The zero-order valence-electron chi connectivity index (χ0n) is 17.5. The number of para-hydroxylation sites is 1. The van der Waals surface area contributed by atoms with E-state index < -0.39 is 0 Å². The first-order valence-corrected chi connectivity index (χ1v) is 11.0. The molecule has 2 aromatic carbocycles. The maximum absolute atomic E-state index is 14.1. The fourth-order valence-electron chi connectivity index (χ4n) is 3.58. The summed E-state index contributed by atoms with van der Waals surface area (Å²) in [4.78, 5) is 21.4. The molecule has 162 valence electrons. The third kappa shape index (κ3) is 4.69. The molecule has 0 spiro atoms. The first-order valence-electron chi connectivity index (χ1n) is 10.2. The van der Waals surface area contributed by atoms with Crippen molar-refractivity contribution in [3.05, 3.63) is 58.8 Å². The Kier molecular flexibility index (Phi) is 6.46. The maximum Gasteiger partial charge on any atom is 0.286 e. The topological polar surface area (TPSA) is 54.4 Å². The zero-order valence-corrected chi connectivity index (χ0v) is 18.3. The summed E-state index contributed by atoms with van der Waals surface area (Å²) in [5.41, 5.74) is 1.46. The molecule has 1 fully saturated rings. The van der Waals surface area contributed by atoms with Gasteiger partial charge in [0.1, 0.15) is 5.82 Å². The van der Waals surface area contributed by atoms with Gasteiger partial charge < -0.3 is 19.3 Å². The van der Waals surface area contributed by atoms with Gasteiger partial charge in [0.2, 0.25) is 0 Å². The second-order valence-electron chi connectivity index (χ2n) is 7.08. The Morgan fingerprint density at radius 2 is 1.84 bits per heavy atom. The number of carbonyl (C=O) groups is 1. The van der Waals surface area contributed by atoms with E-state index in [9.17, 15) is 9.18 Å². The van der Waals surface area contributed by atoms with Crippen molar-refractivity contribution in [1.82, 2.24) is 4.90 Å². The summed E-state index contributed by atoms with van der Waals surface area (Å²) in [5.74, 6) is 0.832. The van der Waals surface area contributed by atoms with Crippen LogP contribution < -0.4 is 14.4 Å². The monoisotopic (exact) mass is 441 g/mol. The van der Waals surface area contributed by atoms with E-state index in [0.717, 1.165) is 5.56 Å². The van der Waals surface area contributed by atoms with Gasteiger partial charge in [-0.05, 0) is 54.6 Å². The van der Waals surface area contributed by atoms with Crippen LogP contribution in [0.4, 0.5) is 10.1 Å². The first kappa shape index (κ1) is 21.2. The number of methoxy groups -OCH3 is 1. The zero-order chi connectivity index (χ0) is 21.8. The SMILES string of the molecule is CCOc1ccc(C=C2SC(N3CCN(c4ccccc4F)CC3)=NC2=O)cc1OC. The number of hydrogen-bond acceptors (Lipinski definition) is 6. The van der Waals surface area contributed by atoms with Crippen molar-refractivity contribution >= 4 is 34.6 Å². The maximum atomic E-state index is 14.1. The molecule has 2 aliphatic heterocycles. The van der Waals surface area contributed by atoms with Gasteiger partial charge in [0.05, 0.1) is 24.3 Å². The molecule has 0 atom stereocenters. The lowest BCUT2D eigenvalue weighted by Crippen LogP contribution is -2.48. The molecule has 0 radical (unpaired) electrons. The lowest BCUT2D eigenvalue weighted by Gasteiger charge is -2.36. The van der Waals surface area contributed by atoms with E-state index >= 15 is 0 Å². The van der Waals surface area contributed by atoms with Crippen molar-refractivity contribution in [3.63, 3.8) is 0 Å². The number of ether oxygens (including phenoxy) is 2. The van der Waals surface area contributed by atoms with Crippen LogP contribution in [-0.2, 0) is 4.79 Å². The van der Waals surface area contributed by atoms with E-state index in [1.807, 2.05) is 42.2 Å². The molecular formula is C23H24FN3O3S. The molecule has 0 aliphatic carbocycles. The van der Waals surface area contributed by atoms with Crippen molar-refractivity contribution in [1.29, 1.82) is 0 Å². The Hall–Kier alpha value is -3.00. The highest BCUT2D eigenvalue weighted by Crippen LogP contribution is 2.34. The number of benzene rings is 2. The van der Waals surface area contributed by atoms with E-state index in [1.54, 1.807) is 19.2 Å². The summed E-state index contributed by atoms with van der Waals surface area (Å²) in [6.07, 6.45) is 1.82. The minimum absolute atomic E-state index is 0.213. The molecule has 2 aliphatic rings. The third-order valence-electron chi connectivity index (χ3n) is 5.14. The van der Waals surface area contributed by atoms with E-state index in [0.29, 0.717) is 60.0 Å². The van der Waals surface area contributed by atoms with Gasteiger partial charge in [-0.25, -0.2) is 4.39 Å². The predicted octanol–water partition coefficient (Wildman–Crippen LogP) is 4.03. The van der Waals surface area contributed by atoms with Crippen LogP contribution in [0.5, 0.6) is 11.5 Å². The Labute approximate surface area is 185 Å². The number of anilines is 1. The van der Waals surface area contributed by atoms with Gasteiger partial charge in [-0.1, -0.05) is 18.2 Å². The number of hydrogen-bond donors (Lipinski definition) is 0. The highest BCUT2D eigenvalue weighted by Gasteiger charge is 2.29. The van der Waals surface area contributed by atoms with Gasteiger partial charge in [-0.3, -0.25) is 4.79 Å². The van der Waals surface area contributed by atoms with Gasteiger partial charge in [-0.15, -0.1) is 0 Å². The third-order valence-corrected chi connectivity index (χ3v) is 6.18. The van der Waals surface area contributed by atoms with E-state index in [2.05, 4.69) is 9.89 Å². The summed E-state index contributed by atoms with van der Waals surface area (Å²) >= 11 is 1.37. The number of amidine groups is 1. The van der Waals surface area contributed by atoms with Gasteiger partial charge in [0, 0.05) is 26.2 Å². The standard InChI is InChI=1S/C23H24FN3O3S/c1-3-30-19-9-8-16(14-20(19)29-2)15-21-22(28)25-23(31-21)27-12-10-26(11-13-27)18-7-5-4-6-17(18)24/h4-9,14-15H,3,10-13H2,1-2H3. The molecule has 2 heterocycles. The van der Waals surface area contributed by atoms with Crippen molar-refractivity contribution in [2.75, 3.05) is 44.8 Å². The van der Waals surface area contributed by atoms with E-state index in [1.165, 1.54) is 17.8 Å². The molecule has 8 heteroatoms. The van der Waals surface area contributed by atoms with E-state index in [-0.39, 0.29) is 11.7 Å². The second kappa shape index (κ2) is 9.43. The van der Waals surface area contributed by atoms with Gasteiger partial charge in [0.25, 0.3) is 5.91 Å². The lowest BCUT2D eigenvalue weighted by atomic mass is 10.2. The molecule has 31 heavy (non-hydrogen) atoms. The van der Waals surface area contributed by atoms with Crippen LogP contribution >= 0.6 is 11.8 Å². The summed E-state index contributed by atoms with van der Waals surface area (Å²) in [5, 5.41) is 0.697. The molecule has 0 aromatic heterocycles. The fourth-order valence-corrected chi connectivity index (χ4v) is 4.55. The molecule has 4 rings (SSSR count). The highest BCUT2D eigenvalue weighted by atomic mass is 32.2. The largest absolute Gasteiger partial charge is 0.493 e. The Morgan fingerprint density at radius 1 is 1.10 bits per heavy atom.